The van der Waals surface area contributed by atoms with Crippen LogP contribution in [-0.2, 0) is 9.53 Å². The number of nitrogens with one attached hydrogen (secondary N) is 1. The van der Waals surface area contributed by atoms with Crippen LogP contribution in [0.3, 0.4) is 0 Å². The minimum atomic E-state index is -0.0986. The number of nitrogens with zero attached hydrogens (tertiary/aromatic N) is 2. The number of hydrogen-bond donors (Lipinski definition) is 1. The van der Waals surface area contributed by atoms with E-state index in [0.717, 1.165) is 38.4 Å². The van der Waals surface area contributed by atoms with E-state index in [-0.39, 0.29) is 5.91 Å². The van der Waals surface area contributed by atoms with Crippen LogP contribution >= 0.6 is 0 Å². The first-order valence-electron chi connectivity index (χ1n) is 6.97. The molecule has 0 aliphatic carbocycles. The summed E-state index contributed by atoms with van der Waals surface area (Å²) >= 11 is 0. The highest BCUT2D eigenvalue weighted by molar-refractivity contribution is 6.02. The average molecular weight is 275 g/mol. The molecule has 1 aromatic heterocycles. The van der Waals surface area contributed by atoms with Gasteiger partial charge in [0.15, 0.2) is 0 Å². The van der Waals surface area contributed by atoms with Crippen molar-refractivity contribution in [2.24, 2.45) is 0 Å². The van der Waals surface area contributed by atoms with Crippen LogP contribution in [0.4, 0.5) is 11.5 Å². The molecule has 0 atom stereocenters. The average Bonchev–Trinajstić information content (AvgIpc) is 2.49. The van der Waals surface area contributed by atoms with Crippen LogP contribution in [0.15, 0.2) is 30.0 Å². The number of amides is 1. The third-order valence-electron chi connectivity index (χ3n) is 3.23. The molecule has 0 radical (unpaired) electrons. The highest BCUT2D eigenvalue weighted by Gasteiger charge is 2.12. The Hall–Kier alpha value is -1.88. The summed E-state index contributed by atoms with van der Waals surface area (Å²) < 4.78 is 5.32. The van der Waals surface area contributed by atoms with Crippen LogP contribution in [0.5, 0.6) is 0 Å². The number of ether oxygens (including phenoxy) is 1. The molecule has 1 saturated heterocycles. The van der Waals surface area contributed by atoms with E-state index in [1.165, 1.54) is 0 Å². The highest BCUT2D eigenvalue weighted by atomic mass is 16.5. The maximum Gasteiger partial charge on any atom is 0.252 e. The standard InChI is InChI=1S/C15H21N3O2/c1-3-4-12(2)15(19)17-14-6-5-13(11-16-14)18-7-9-20-10-8-18/h4-6,11H,3,7-10H2,1-2H3,(H,16,17,19)/b12-4-. The van der Waals surface area contributed by atoms with Crippen molar-refractivity contribution in [3.05, 3.63) is 30.0 Å². The van der Waals surface area contributed by atoms with E-state index in [0.29, 0.717) is 11.4 Å². The van der Waals surface area contributed by atoms with Crippen LogP contribution in [0.1, 0.15) is 20.3 Å². The zero-order chi connectivity index (χ0) is 14.4. The number of pyridine rings is 1. The molecular weight excluding hydrogens is 254 g/mol. The largest absolute Gasteiger partial charge is 0.378 e. The normalized spacial score (nSPS) is 16.1. The number of rotatable bonds is 4. The molecule has 20 heavy (non-hydrogen) atoms. The van der Waals surface area contributed by atoms with Crippen molar-refractivity contribution >= 4 is 17.4 Å². The highest BCUT2D eigenvalue weighted by Crippen LogP contribution is 2.16. The monoisotopic (exact) mass is 275 g/mol. The van der Waals surface area contributed by atoms with Gasteiger partial charge in [0.2, 0.25) is 0 Å². The van der Waals surface area contributed by atoms with E-state index in [9.17, 15) is 4.79 Å². The summed E-state index contributed by atoms with van der Waals surface area (Å²) in [4.78, 5) is 18.4. The predicted octanol–water partition coefficient (Wildman–Crippen LogP) is 2.21. The minimum Gasteiger partial charge on any atom is -0.378 e. The molecule has 108 valence electrons. The lowest BCUT2D eigenvalue weighted by molar-refractivity contribution is -0.112. The molecule has 5 heteroatoms. The van der Waals surface area contributed by atoms with Gasteiger partial charge in [0.25, 0.3) is 5.91 Å². The van der Waals surface area contributed by atoms with Gasteiger partial charge in [-0.3, -0.25) is 4.79 Å². The van der Waals surface area contributed by atoms with Gasteiger partial charge in [-0.05, 0) is 25.5 Å². The quantitative estimate of drug-likeness (QED) is 0.856. The number of carbonyl (C=O) groups is 1. The first-order valence-corrected chi connectivity index (χ1v) is 6.97. The second kappa shape index (κ2) is 7.05. The molecule has 2 rings (SSSR count). The van der Waals surface area contributed by atoms with E-state index in [2.05, 4.69) is 15.2 Å². The summed E-state index contributed by atoms with van der Waals surface area (Å²) in [5, 5.41) is 2.80. The predicted molar refractivity (Wildman–Crippen MR) is 79.9 cm³/mol. The molecule has 1 amide bonds. The van der Waals surface area contributed by atoms with Crippen LogP contribution in [-0.4, -0.2) is 37.2 Å². The number of carbonyl (C=O) groups excluding carboxylic acids is 1. The Morgan fingerprint density at radius 2 is 2.20 bits per heavy atom. The van der Waals surface area contributed by atoms with Crippen molar-refractivity contribution in [1.29, 1.82) is 0 Å². The van der Waals surface area contributed by atoms with Crippen molar-refractivity contribution in [3.8, 4) is 0 Å². The van der Waals surface area contributed by atoms with E-state index in [4.69, 9.17) is 4.74 Å². The van der Waals surface area contributed by atoms with Gasteiger partial charge in [-0.2, -0.15) is 0 Å². The van der Waals surface area contributed by atoms with Gasteiger partial charge in [-0.1, -0.05) is 13.0 Å². The Morgan fingerprint density at radius 1 is 1.45 bits per heavy atom. The zero-order valence-corrected chi connectivity index (χ0v) is 12.1. The van der Waals surface area contributed by atoms with Gasteiger partial charge >= 0.3 is 0 Å². The molecule has 5 nitrogen and oxygen atoms in total. The SMILES string of the molecule is CC/C=C(/C)C(=O)Nc1ccc(N2CCOCC2)cn1. The molecule has 1 aliphatic rings. The summed E-state index contributed by atoms with van der Waals surface area (Å²) in [6, 6.07) is 3.81. The Bertz CT molecular complexity index is 476. The first kappa shape index (κ1) is 14.5. The summed E-state index contributed by atoms with van der Waals surface area (Å²) in [7, 11) is 0. The Kier molecular flexibility index (Phi) is 5.12. The van der Waals surface area contributed by atoms with Gasteiger partial charge in [-0.15, -0.1) is 0 Å². The molecule has 1 fully saturated rings. The number of anilines is 2. The van der Waals surface area contributed by atoms with E-state index in [1.807, 2.05) is 25.1 Å². The summed E-state index contributed by atoms with van der Waals surface area (Å²) in [5.41, 5.74) is 1.78. The van der Waals surface area contributed by atoms with Gasteiger partial charge in [0.1, 0.15) is 5.82 Å². The molecule has 0 aromatic carbocycles. The minimum absolute atomic E-state index is 0.0986. The van der Waals surface area contributed by atoms with E-state index in [1.54, 1.807) is 13.1 Å². The number of morpholine rings is 1. The van der Waals surface area contributed by atoms with Gasteiger partial charge < -0.3 is 15.0 Å². The zero-order valence-electron chi connectivity index (χ0n) is 12.1. The van der Waals surface area contributed by atoms with Gasteiger partial charge in [0.05, 0.1) is 25.1 Å². The second-order valence-corrected chi connectivity index (χ2v) is 4.75. The maximum absolute atomic E-state index is 11.8. The van der Waals surface area contributed by atoms with Crippen LogP contribution in [0.2, 0.25) is 0 Å². The Balaban J connectivity index is 1.97. The molecule has 0 unspecified atom stereocenters. The lowest BCUT2D eigenvalue weighted by Gasteiger charge is -2.28. The fraction of sp³-hybridized carbons (Fsp3) is 0.467. The lowest BCUT2D eigenvalue weighted by atomic mass is 10.2. The molecule has 1 aliphatic heterocycles. The van der Waals surface area contributed by atoms with Crippen LogP contribution in [0.25, 0.3) is 0 Å². The molecule has 1 N–H and O–H groups in total. The van der Waals surface area contributed by atoms with Gasteiger partial charge in [0, 0.05) is 18.7 Å². The van der Waals surface area contributed by atoms with Crippen LogP contribution < -0.4 is 10.2 Å². The molecule has 0 saturated carbocycles. The third-order valence-corrected chi connectivity index (χ3v) is 3.23. The fourth-order valence-electron chi connectivity index (χ4n) is 2.08. The third kappa shape index (κ3) is 3.81. The number of aromatic nitrogens is 1. The second-order valence-electron chi connectivity index (χ2n) is 4.75. The summed E-state index contributed by atoms with van der Waals surface area (Å²) in [5.74, 6) is 0.481. The molecule has 0 spiro atoms. The fourth-order valence-corrected chi connectivity index (χ4v) is 2.08. The first-order chi connectivity index (χ1) is 9.70. The van der Waals surface area contributed by atoms with Crippen molar-refractivity contribution in [2.75, 3.05) is 36.5 Å². The topological polar surface area (TPSA) is 54.5 Å². The Morgan fingerprint density at radius 3 is 2.80 bits per heavy atom. The van der Waals surface area contributed by atoms with Crippen molar-refractivity contribution < 1.29 is 9.53 Å². The number of allylic oxidation sites excluding steroid dienone is 1. The Labute approximate surface area is 119 Å². The molecule has 2 heterocycles. The molecule has 0 bridgehead atoms. The van der Waals surface area contributed by atoms with Crippen molar-refractivity contribution in [2.45, 2.75) is 20.3 Å². The van der Waals surface area contributed by atoms with E-state index >= 15 is 0 Å². The van der Waals surface area contributed by atoms with Crippen molar-refractivity contribution in [1.82, 2.24) is 4.98 Å². The summed E-state index contributed by atoms with van der Waals surface area (Å²) in [6.07, 6.45) is 4.54. The number of hydrogen-bond acceptors (Lipinski definition) is 4. The van der Waals surface area contributed by atoms with Gasteiger partial charge in [-0.25, -0.2) is 4.98 Å². The lowest BCUT2D eigenvalue weighted by Crippen LogP contribution is -2.36. The van der Waals surface area contributed by atoms with Crippen LogP contribution in [0, 0.1) is 0 Å². The maximum atomic E-state index is 11.8. The van der Waals surface area contributed by atoms with E-state index < -0.39 is 0 Å². The van der Waals surface area contributed by atoms with Crippen molar-refractivity contribution in [3.63, 3.8) is 0 Å². The smallest absolute Gasteiger partial charge is 0.252 e. The molecular formula is C15H21N3O2. The summed E-state index contributed by atoms with van der Waals surface area (Å²) in [6.45, 7) is 7.07. The molecule has 1 aromatic rings.